The van der Waals surface area contributed by atoms with Gasteiger partial charge in [-0.1, -0.05) is 81.4 Å². The van der Waals surface area contributed by atoms with Gasteiger partial charge in [0.25, 0.3) is 8.32 Å². The molecule has 3 nitrogen and oxygen atoms in total. The number of hydroxylamine groups is 1. The Hall–Kier alpha value is -1.46. The highest BCUT2D eigenvalue weighted by atomic mass is 28.4. The third kappa shape index (κ3) is 3.30. The van der Waals surface area contributed by atoms with Gasteiger partial charge in [0, 0.05) is 13.2 Å². The van der Waals surface area contributed by atoms with Crippen LogP contribution < -0.4 is 15.9 Å². The average molecular weight is 315 g/mol. The van der Waals surface area contributed by atoms with Crippen LogP contribution in [0.5, 0.6) is 0 Å². The Morgan fingerprint density at radius 3 is 1.73 bits per heavy atom. The molecule has 22 heavy (non-hydrogen) atoms. The lowest BCUT2D eigenvalue weighted by atomic mass is 10.2. The quantitative estimate of drug-likeness (QED) is 0.489. The van der Waals surface area contributed by atoms with Gasteiger partial charge < -0.3 is 9.63 Å². The van der Waals surface area contributed by atoms with Crippen molar-refractivity contribution in [2.75, 3.05) is 13.2 Å². The topological polar surface area (TPSA) is 41.5 Å². The molecule has 0 fully saturated rings. The minimum Gasteiger partial charge on any atom is -0.406 e. The minimum absolute atomic E-state index is 0.0227. The van der Waals surface area contributed by atoms with E-state index in [1.165, 1.54) is 10.4 Å². The third-order valence-electron chi connectivity index (χ3n) is 3.95. The summed E-state index contributed by atoms with van der Waals surface area (Å²) in [5.41, 5.74) is 2.19. The van der Waals surface area contributed by atoms with Crippen LogP contribution in [-0.2, 0) is 4.43 Å². The van der Waals surface area contributed by atoms with Crippen LogP contribution in [0.1, 0.15) is 20.8 Å². The van der Waals surface area contributed by atoms with Crippen LogP contribution in [-0.4, -0.2) is 26.7 Å². The molecule has 118 valence electrons. The summed E-state index contributed by atoms with van der Waals surface area (Å²) in [7, 11) is -2.44. The van der Waals surface area contributed by atoms with Crippen LogP contribution in [0.3, 0.4) is 0 Å². The van der Waals surface area contributed by atoms with Gasteiger partial charge in [0.1, 0.15) is 0 Å². The van der Waals surface area contributed by atoms with E-state index in [1.54, 1.807) is 0 Å². The second-order valence-corrected chi connectivity index (χ2v) is 10.7. The van der Waals surface area contributed by atoms with Crippen molar-refractivity contribution in [2.24, 2.45) is 0 Å². The van der Waals surface area contributed by atoms with Crippen molar-refractivity contribution in [3.63, 3.8) is 0 Å². The summed E-state index contributed by atoms with van der Waals surface area (Å²) in [4.78, 5) is 0. The Bertz CT molecular complexity index is 527. The number of hydrogen-bond acceptors (Lipinski definition) is 3. The summed E-state index contributed by atoms with van der Waals surface area (Å²) in [5.74, 6) is 0. The highest BCUT2D eigenvalue weighted by molar-refractivity contribution is 6.99. The summed E-state index contributed by atoms with van der Waals surface area (Å²) in [5, 5.41) is 11.4. The molecule has 0 spiro atoms. The monoisotopic (exact) mass is 315 g/mol. The van der Waals surface area contributed by atoms with Gasteiger partial charge in [0.15, 0.2) is 0 Å². The second-order valence-electron chi connectivity index (χ2n) is 6.42. The van der Waals surface area contributed by atoms with Crippen molar-refractivity contribution in [1.29, 1.82) is 0 Å². The number of hydrogen-bond donors (Lipinski definition) is 2. The molecule has 0 bridgehead atoms. The van der Waals surface area contributed by atoms with Crippen LogP contribution >= 0.6 is 0 Å². The van der Waals surface area contributed by atoms with E-state index in [4.69, 9.17) is 9.63 Å². The first-order chi connectivity index (χ1) is 10.5. The van der Waals surface area contributed by atoms with Gasteiger partial charge in [-0.2, -0.15) is 0 Å². The Labute approximate surface area is 134 Å². The Morgan fingerprint density at radius 1 is 0.909 bits per heavy atom. The lowest BCUT2D eigenvalue weighted by Crippen LogP contribution is -2.66. The summed E-state index contributed by atoms with van der Waals surface area (Å²) in [6.45, 7) is 7.62. The number of rotatable bonds is 6. The van der Waals surface area contributed by atoms with Crippen LogP contribution in [0, 0.1) is 0 Å². The first kappa shape index (κ1) is 16.9. The minimum atomic E-state index is -2.44. The van der Waals surface area contributed by atoms with Crippen LogP contribution in [0.25, 0.3) is 0 Å². The van der Waals surface area contributed by atoms with Gasteiger partial charge in [-0.15, -0.1) is 0 Å². The van der Waals surface area contributed by atoms with E-state index in [9.17, 15) is 0 Å². The van der Waals surface area contributed by atoms with Crippen molar-refractivity contribution >= 4 is 18.7 Å². The van der Waals surface area contributed by atoms with Gasteiger partial charge in [-0.25, -0.2) is 5.48 Å². The Morgan fingerprint density at radius 2 is 1.36 bits per heavy atom. The average Bonchev–Trinajstić information content (AvgIpc) is 2.52. The molecule has 2 aromatic carbocycles. The van der Waals surface area contributed by atoms with Gasteiger partial charge in [0.05, 0.1) is 0 Å². The maximum atomic E-state index is 8.89. The maximum Gasteiger partial charge on any atom is 0.261 e. The van der Waals surface area contributed by atoms with E-state index in [0.29, 0.717) is 13.2 Å². The van der Waals surface area contributed by atoms with E-state index in [0.717, 1.165) is 0 Å². The molecule has 0 saturated heterocycles. The van der Waals surface area contributed by atoms with Crippen molar-refractivity contribution < 1.29 is 9.63 Å². The summed E-state index contributed by atoms with van der Waals surface area (Å²) >= 11 is 0. The fraction of sp³-hybridized carbons (Fsp3) is 0.333. The van der Waals surface area contributed by atoms with E-state index < -0.39 is 8.32 Å². The standard InChI is InChI=1S/C18H25NO2Si/c1-18(2,3)22(21-15-14-19-20,16-10-6-4-7-11-16)17-12-8-5-9-13-17/h4-13,19-20H,14-15H2,1-3H3. The second kappa shape index (κ2) is 7.20. The fourth-order valence-corrected chi connectivity index (χ4v) is 7.58. The molecule has 2 N–H and O–H groups in total. The molecule has 0 unspecified atom stereocenters. The third-order valence-corrected chi connectivity index (χ3v) is 8.99. The molecule has 0 radical (unpaired) electrons. The highest BCUT2D eigenvalue weighted by Crippen LogP contribution is 2.36. The molecular weight excluding hydrogens is 290 g/mol. The van der Waals surface area contributed by atoms with Crippen molar-refractivity contribution in [3.05, 3.63) is 60.7 Å². The lowest BCUT2D eigenvalue weighted by Gasteiger charge is -2.43. The van der Waals surface area contributed by atoms with Gasteiger partial charge in [-0.3, -0.25) is 0 Å². The summed E-state index contributed by atoms with van der Waals surface area (Å²) < 4.78 is 6.52. The predicted octanol–water partition coefficient (Wildman–Crippen LogP) is 2.54. The first-order valence-electron chi connectivity index (χ1n) is 7.64. The molecular formula is C18H25NO2Si. The molecule has 0 atom stereocenters. The smallest absolute Gasteiger partial charge is 0.261 e. The zero-order valence-electron chi connectivity index (χ0n) is 13.5. The summed E-state index contributed by atoms with van der Waals surface area (Å²) in [6.07, 6.45) is 0. The Kier molecular flexibility index (Phi) is 5.53. The van der Waals surface area contributed by atoms with Crippen molar-refractivity contribution in [1.82, 2.24) is 5.48 Å². The van der Waals surface area contributed by atoms with E-state index >= 15 is 0 Å². The zero-order valence-corrected chi connectivity index (χ0v) is 14.5. The molecule has 2 aromatic rings. The molecule has 0 aliphatic heterocycles. The van der Waals surface area contributed by atoms with E-state index in [1.807, 2.05) is 12.1 Å². The molecule has 0 amide bonds. The first-order valence-corrected chi connectivity index (χ1v) is 9.55. The number of nitrogens with one attached hydrogen (secondary N) is 1. The molecule has 0 aliphatic carbocycles. The largest absolute Gasteiger partial charge is 0.406 e. The van der Waals surface area contributed by atoms with Crippen LogP contribution in [0.4, 0.5) is 0 Å². The zero-order chi connectivity index (χ0) is 16.1. The molecule has 0 heterocycles. The van der Waals surface area contributed by atoms with Crippen LogP contribution in [0.15, 0.2) is 60.7 Å². The normalized spacial score (nSPS) is 12.4. The van der Waals surface area contributed by atoms with Gasteiger partial charge in [0.2, 0.25) is 0 Å². The lowest BCUT2D eigenvalue weighted by molar-refractivity contribution is 0.143. The highest BCUT2D eigenvalue weighted by Gasteiger charge is 2.49. The SMILES string of the molecule is CC(C)(C)[Si](OCCNO)(c1ccccc1)c1ccccc1. The van der Waals surface area contributed by atoms with E-state index in [2.05, 4.69) is 74.8 Å². The fourth-order valence-electron chi connectivity index (χ4n) is 3.01. The predicted molar refractivity (Wildman–Crippen MR) is 93.4 cm³/mol. The summed E-state index contributed by atoms with van der Waals surface area (Å²) in [6, 6.07) is 21.0. The molecule has 0 saturated carbocycles. The van der Waals surface area contributed by atoms with Crippen molar-refractivity contribution in [3.8, 4) is 0 Å². The van der Waals surface area contributed by atoms with Gasteiger partial charge in [-0.05, 0) is 15.4 Å². The maximum absolute atomic E-state index is 8.89. The Balaban J connectivity index is 2.59. The molecule has 4 heteroatoms. The molecule has 2 rings (SSSR count). The molecule has 0 aromatic heterocycles. The van der Waals surface area contributed by atoms with Crippen LogP contribution in [0.2, 0.25) is 5.04 Å². The van der Waals surface area contributed by atoms with Crippen molar-refractivity contribution in [2.45, 2.75) is 25.8 Å². The van der Waals surface area contributed by atoms with E-state index in [-0.39, 0.29) is 5.04 Å². The number of benzene rings is 2. The molecule has 0 aliphatic rings. The van der Waals surface area contributed by atoms with Gasteiger partial charge >= 0.3 is 0 Å².